The fraction of sp³-hybridized carbons (Fsp3) is 0.385. The second-order valence-corrected chi connectivity index (χ2v) is 5.29. The van der Waals surface area contributed by atoms with Gasteiger partial charge in [0.2, 0.25) is 0 Å². The summed E-state index contributed by atoms with van der Waals surface area (Å²) in [6.45, 7) is 0.430. The molecular formula is C13H14Cl2FNO3. The van der Waals surface area contributed by atoms with Gasteiger partial charge in [-0.05, 0) is 12.5 Å². The standard InChI is InChI=1S/C13H14Cl2FNO3/c1-7(18)8-2-4-9(5-3-8)11(19)10(6-16)17-13(20)12(14)15/h2-5,10-12,19H,6H2,1H3,(H,17,20). The molecule has 0 aliphatic carbocycles. The number of rotatable bonds is 6. The van der Waals surface area contributed by atoms with Gasteiger partial charge in [0.15, 0.2) is 10.6 Å². The molecule has 1 aromatic carbocycles. The highest BCUT2D eigenvalue weighted by atomic mass is 35.5. The Bertz CT molecular complexity index is 479. The lowest BCUT2D eigenvalue weighted by Crippen LogP contribution is -2.43. The van der Waals surface area contributed by atoms with Gasteiger partial charge in [-0.1, -0.05) is 47.5 Å². The van der Waals surface area contributed by atoms with Crippen LogP contribution < -0.4 is 5.32 Å². The van der Waals surface area contributed by atoms with E-state index in [0.717, 1.165) is 0 Å². The summed E-state index contributed by atoms with van der Waals surface area (Å²) in [5.41, 5.74) is 0.849. The number of ketones is 1. The van der Waals surface area contributed by atoms with Crippen LogP contribution in [0.5, 0.6) is 0 Å². The van der Waals surface area contributed by atoms with Crippen molar-refractivity contribution in [3.05, 3.63) is 35.4 Å². The smallest absolute Gasteiger partial charge is 0.253 e. The molecule has 0 aliphatic rings. The summed E-state index contributed by atoms with van der Waals surface area (Å²) in [6.07, 6.45) is -1.27. The lowest BCUT2D eigenvalue weighted by molar-refractivity contribution is -0.121. The molecule has 1 amide bonds. The number of hydrogen-bond acceptors (Lipinski definition) is 3. The number of halogens is 3. The van der Waals surface area contributed by atoms with Gasteiger partial charge in [0, 0.05) is 5.56 Å². The van der Waals surface area contributed by atoms with Crippen molar-refractivity contribution in [2.24, 2.45) is 0 Å². The van der Waals surface area contributed by atoms with Crippen LogP contribution in [0.4, 0.5) is 4.39 Å². The zero-order valence-electron chi connectivity index (χ0n) is 10.6. The molecule has 0 aromatic heterocycles. The fourth-order valence-corrected chi connectivity index (χ4v) is 1.72. The average Bonchev–Trinajstić information content (AvgIpc) is 2.43. The van der Waals surface area contributed by atoms with E-state index in [1.807, 2.05) is 0 Å². The minimum atomic E-state index is -1.34. The van der Waals surface area contributed by atoms with Gasteiger partial charge in [0.1, 0.15) is 12.8 Å². The number of nitrogens with one attached hydrogen (secondary N) is 1. The highest BCUT2D eigenvalue weighted by Gasteiger charge is 2.25. The molecule has 0 saturated carbocycles. The molecule has 0 saturated heterocycles. The van der Waals surface area contributed by atoms with Gasteiger partial charge in [-0.3, -0.25) is 9.59 Å². The van der Waals surface area contributed by atoms with Gasteiger partial charge >= 0.3 is 0 Å². The molecule has 1 rings (SSSR count). The van der Waals surface area contributed by atoms with Crippen LogP contribution in [-0.4, -0.2) is 34.3 Å². The largest absolute Gasteiger partial charge is 0.386 e. The Hall–Kier alpha value is -1.17. The third-order valence-corrected chi connectivity index (χ3v) is 3.13. The Morgan fingerprint density at radius 1 is 1.30 bits per heavy atom. The Labute approximate surface area is 125 Å². The van der Waals surface area contributed by atoms with E-state index in [2.05, 4.69) is 5.32 Å². The lowest BCUT2D eigenvalue weighted by Gasteiger charge is -2.22. The van der Waals surface area contributed by atoms with Crippen molar-refractivity contribution in [3.8, 4) is 0 Å². The van der Waals surface area contributed by atoms with Gasteiger partial charge in [0.25, 0.3) is 5.91 Å². The van der Waals surface area contributed by atoms with Crippen molar-refractivity contribution in [2.45, 2.75) is 23.9 Å². The molecule has 0 bridgehead atoms. The molecule has 0 aliphatic heterocycles. The van der Waals surface area contributed by atoms with Crippen LogP contribution in [0, 0.1) is 0 Å². The number of aliphatic hydroxyl groups is 1. The van der Waals surface area contributed by atoms with E-state index < -0.39 is 29.6 Å². The summed E-state index contributed by atoms with van der Waals surface area (Å²) in [6, 6.07) is 4.86. The topological polar surface area (TPSA) is 66.4 Å². The predicted molar refractivity (Wildman–Crippen MR) is 74.8 cm³/mol. The summed E-state index contributed by atoms with van der Waals surface area (Å²) < 4.78 is 12.9. The number of aliphatic hydroxyl groups excluding tert-OH is 1. The summed E-state index contributed by atoms with van der Waals surface area (Å²) in [7, 11) is 0. The highest BCUT2D eigenvalue weighted by molar-refractivity contribution is 6.53. The number of hydrogen-bond donors (Lipinski definition) is 2. The van der Waals surface area contributed by atoms with Crippen LogP contribution in [0.15, 0.2) is 24.3 Å². The zero-order valence-corrected chi connectivity index (χ0v) is 12.2. The first-order chi connectivity index (χ1) is 9.36. The number of benzene rings is 1. The summed E-state index contributed by atoms with van der Waals surface area (Å²) >= 11 is 10.7. The van der Waals surface area contributed by atoms with E-state index in [-0.39, 0.29) is 5.78 Å². The normalized spacial score (nSPS) is 13.9. The minimum Gasteiger partial charge on any atom is -0.386 e. The molecular weight excluding hydrogens is 308 g/mol. The molecule has 7 heteroatoms. The van der Waals surface area contributed by atoms with E-state index in [1.165, 1.54) is 31.2 Å². The summed E-state index contributed by atoms with van der Waals surface area (Å²) in [5, 5.41) is 12.2. The monoisotopic (exact) mass is 321 g/mol. The van der Waals surface area contributed by atoms with Crippen LogP contribution in [0.2, 0.25) is 0 Å². The molecule has 2 unspecified atom stereocenters. The number of alkyl halides is 3. The Kier molecular flexibility index (Phi) is 6.39. The highest BCUT2D eigenvalue weighted by Crippen LogP contribution is 2.19. The van der Waals surface area contributed by atoms with Crippen LogP contribution in [0.25, 0.3) is 0 Å². The van der Waals surface area contributed by atoms with Gasteiger partial charge in [-0.2, -0.15) is 0 Å². The summed E-state index contributed by atoms with van der Waals surface area (Å²) in [4.78, 5) is 21.1. The fourth-order valence-electron chi connectivity index (χ4n) is 1.59. The van der Waals surface area contributed by atoms with Gasteiger partial charge in [-0.15, -0.1) is 0 Å². The van der Waals surface area contributed by atoms with Crippen molar-refractivity contribution in [1.29, 1.82) is 0 Å². The summed E-state index contributed by atoms with van der Waals surface area (Å²) in [5.74, 6) is -0.899. The molecule has 0 heterocycles. The first-order valence-corrected chi connectivity index (χ1v) is 6.67. The van der Waals surface area contributed by atoms with E-state index in [4.69, 9.17) is 23.2 Å². The molecule has 4 nitrogen and oxygen atoms in total. The van der Waals surface area contributed by atoms with Crippen molar-refractivity contribution < 1.29 is 19.1 Å². The van der Waals surface area contributed by atoms with Crippen molar-refractivity contribution >= 4 is 34.9 Å². The molecule has 2 atom stereocenters. The first-order valence-electron chi connectivity index (χ1n) is 5.80. The van der Waals surface area contributed by atoms with Crippen LogP contribution in [0.3, 0.4) is 0 Å². The van der Waals surface area contributed by atoms with Crippen LogP contribution >= 0.6 is 23.2 Å². The number of Topliss-reactive ketones (excluding diaryl/α,β-unsaturated/α-hetero) is 1. The Morgan fingerprint density at radius 3 is 2.25 bits per heavy atom. The van der Waals surface area contributed by atoms with E-state index in [1.54, 1.807) is 0 Å². The minimum absolute atomic E-state index is 0.117. The zero-order chi connectivity index (χ0) is 15.3. The molecule has 20 heavy (non-hydrogen) atoms. The maximum Gasteiger partial charge on any atom is 0.253 e. The third kappa shape index (κ3) is 4.44. The van der Waals surface area contributed by atoms with Gasteiger partial charge < -0.3 is 10.4 Å². The SMILES string of the molecule is CC(=O)c1ccc(C(O)C(CF)NC(=O)C(Cl)Cl)cc1. The average molecular weight is 322 g/mol. The molecule has 2 N–H and O–H groups in total. The number of carbonyl (C=O) groups excluding carboxylic acids is 2. The van der Waals surface area contributed by atoms with Crippen molar-refractivity contribution in [2.75, 3.05) is 6.67 Å². The maximum atomic E-state index is 12.9. The lowest BCUT2D eigenvalue weighted by atomic mass is 10.0. The first kappa shape index (κ1) is 16.9. The number of amides is 1. The van der Waals surface area contributed by atoms with Gasteiger partial charge in [-0.25, -0.2) is 4.39 Å². The number of carbonyl (C=O) groups is 2. The Balaban J connectivity index is 2.82. The third-order valence-electron chi connectivity index (χ3n) is 2.73. The predicted octanol–water partition coefficient (Wildman–Crippen LogP) is 2.18. The molecule has 110 valence electrons. The van der Waals surface area contributed by atoms with Crippen molar-refractivity contribution in [3.63, 3.8) is 0 Å². The van der Waals surface area contributed by atoms with E-state index >= 15 is 0 Å². The van der Waals surface area contributed by atoms with Crippen LogP contribution in [-0.2, 0) is 4.79 Å². The maximum absolute atomic E-state index is 12.9. The van der Waals surface area contributed by atoms with Gasteiger partial charge in [0.05, 0.1) is 6.04 Å². The van der Waals surface area contributed by atoms with Crippen molar-refractivity contribution in [1.82, 2.24) is 5.32 Å². The Morgan fingerprint density at radius 2 is 1.85 bits per heavy atom. The molecule has 0 spiro atoms. The molecule has 1 aromatic rings. The quantitative estimate of drug-likeness (QED) is 0.623. The molecule has 0 fully saturated rings. The second-order valence-electron chi connectivity index (χ2n) is 4.19. The van der Waals surface area contributed by atoms with Crippen LogP contribution in [0.1, 0.15) is 28.9 Å². The van der Waals surface area contributed by atoms with E-state index in [0.29, 0.717) is 11.1 Å². The second kappa shape index (κ2) is 7.57. The molecule has 0 radical (unpaired) electrons. The van der Waals surface area contributed by atoms with E-state index in [9.17, 15) is 19.1 Å².